The first-order chi connectivity index (χ1) is 23.7. The van der Waals surface area contributed by atoms with Crippen LogP contribution in [-0.4, -0.2) is 52.4 Å². The zero-order valence-electron chi connectivity index (χ0n) is 26.4. The summed E-state index contributed by atoms with van der Waals surface area (Å²) >= 11 is 6.42. The van der Waals surface area contributed by atoms with Crippen LogP contribution in [0.5, 0.6) is 5.75 Å². The van der Waals surface area contributed by atoms with Crippen molar-refractivity contribution in [3.8, 4) is 5.75 Å². The molecular formula is C36H30ClN7O5. The molecule has 0 saturated heterocycles. The zero-order valence-corrected chi connectivity index (χ0v) is 27.1. The van der Waals surface area contributed by atoms with Gasteiger partial charge in [0.25, 0.3) is 11.8 Å². The molecule has 12 nitrogen and oxygen atoms in total. The highest BCUT2D eigenvalue weighted by molar-refractivity contribution is 6.19. The van der Waals surface area contributed by atoms with E-state index in [1.807, 2.05) is 24.3 Å². The average Bonchev–Trinajstić information content (AvgIpc) is 3.81. The van der Waals surface area contributed by atoms with Crippen LogP contribution in [0.2, 0.25) is 0 Å². The molecule has 1 atom stereocenters. The Hall–Kier alpha value is -6.14. The number of hydrogen-bond donors (Lipinski definition) is 5. The molecule has 0 saturated carbocycles. The Morgan fingerprint density at radius 1 is 0.898 bits per heavy atom. The molecule has 3 heterocycles. The van der Waals surface area contributed by atoms with E-state index in [9.17, 15) is 19.2 Å². The van der Waals surface area contributed by atoms with Crippen molar-refractivity contribution in [2.75, 3.05) is 28.0 Å². The first-order valence-corrected chi connectivity index (χ1v) is 16.0. The van der Waals surface area contributed by atoms with Crippen LogP contribution in [0.15, 0.2) is 84.0 Å². The van der Waals surface area contributed by atoms with Crippen molar-refractivity contribution in [2.45, 2.75) is 19.8 Å². The van der Waals surface area contributed by atoms with Crippen molar-refractivity contribution >= 4 is 91.3 Å². The third kappa shape index (κ3) is 6.05. The zero-order chi connectivity index (χ0) is 34.2. The summed E-state index contributed by atoms with van der Waals surface area (Å²) in [4.78, 5) is 59.0. The summed E-state index contributed by atoms with van der Waals surface area (Å²) in [5.41, 5.74) is 7.13. The number of amides is 4. The van der Waals surface area contributed by atoms with Gasteiger partial charge in [-0.05, 0) is 66.4 Å². The minimum Gasteiger partial charge on any atom is -0.426 e. The minimum atomic E-state index is -0.484. The van der Waals surface area contributed by atoms with E-state index in [-0.39, 0.29) is 17.7 Å². The number of alkyl halides is 1. The van der Waals surface area contributed by atoms with Crippen molar-refractivity contribution in [3.05, 3.63) is 95.8 Å². The fourth-order valence-corrected chi connectivity index (χ4v) is 6.51. The van der Waals surface area contributed by atoms with Gasteiger partial charge in [-0.1, -0.05) is 24.3 Å². The van der Waals surface area contributed by atoms with E-state index < -0.39 is 12.0 Å². The molecule has 1 aliphatic rings. The van der Waals surface area contributed by atoms with Gasteiger partial charge < -0.3 is 30.2 Å². The molecule has 0 radical (unpaired) electrons. The maximum atomic E-state index is 14.0. The number of esters is 1. The summed E-state index contributed by atoms with van der Waals surface area (Å²) in [5.74, 6) is -0.502. The number of nitrogens with zero attached hydrogens (tertiary/aromatic N) is 2. The number of H-pyrrole nitrogens is 2. The molecule has 1 unspecified atom stereocenters. The number of hydrazone groups is 1. The summed E-state index contributed by atoms with van der Waals surface area (Å²) in [7, 11) is 0. The monoisotopic (exact) mass is 675 g/mol. The van der Waals surface area contributed by atoms with Gasteiger partial charge in [0.05, 0.1) is 5.69 Å². The number of urea groups is 1. The van der Waals surface area contributed by atoms with Crippen molar-refractivity contribution < 1.29 is 23.9 Å². The second kappa shape index (κ2) is 12.8. The van der Waals surface area contributed by atoms with Gasteiger partial charge >= 0.3 is 12.0 Å². The second-order valence-corrected chi connectivity index (χ2v) is 11.9. The SMILES string of the molecule is CC=NNC(=O)Nc1ccc2[nH]c(C(=O)Nc3ccc4[nH]c(C(=O)N5CC(CCl)c6c5cc(OC(C)=O)c5ccccc65)cc4c3)cc2c1. The lowest BCUT2D eigenvalue weighted by molar-refractivity contribution is -0.131. The van der Waals surface area contributed by atoms with Gasteiger partial charge in [-0.15, -0.1) is 11.6 Å². The van der Waals surface area contributed by atoms with Crippen molar-refractivity contribution in [1.82, 2.24) is 15.4 Å². The highest BCUT2D eigenvalue weighted by atomic mass is 35.5. The molecule has 49 heavy (non-hydrogen) atoms. The predicted octanol–water partition coefficient (Wildman–Crippen LogP) is 7.09. The van der Waals surface area contributed by atoms with Crippen molar-refractivity contribution in [1.29, 1.82) is 0 Å². The molecule has 13 heteroatoms. The van der Waals surface area contributed by atoms with E-state index in [4.69, 9.17) is 16.3 Å². The number of carbonyl (C=O) groups is 4. The molecule has 0 bridgehead atoms. The van der Waals surface area contributed by atoms with E-state index in [0.29, 0.717) is 52.1 Å². The molecule has 7 rings (SSSR count). The summed E-state index contributed by atoms with van der Waals surface area (Å²) in [6, 6.07) is 22.9. The molecule has 2 aromatic heterocycles. The lowest BCUT2D eigenvalue weighted by Gasteiger charge is -2.18. The van der Waals surface area contributed by atoms with Crippen molar-refractivity contribution in [2.24, 2.45) is 5.10 Å². The Morgan fingerprint density at radius 2 is 1.55 bits per heavy atom. The first kappa shape index (κ1) is 31.5. The largest absolute Gasteiger partial charge is 0.426 e. The van der Waals surface area contributed by atoms with Crippen LogP contribution in [0.1, 0.15) is 46.3 Å². The molecular weight excluding hydrogens is 646 g/mol. The van der Waals surface area contributed by atoms with E-state index >= 15 is 0 Å². The van der Waals surface area contributed by atoms with Crippen LogP contribution in [0.25, 0.3) is 32.6 Å². The molecule has 4 aromatic carbocycles. The summed E-state index contributed by atoms with van der Waals surface area (Å²) in [6.07, 6.45) is 1.46. The smallest absolute Gasteiger partial charge is 0.339 e. The molecule has 1 aliphatic heterocycles. The Bertz CT molecular complexity index is 2340. The number of halogens is 1. The Labute approximate surface area is 284 Å². The molecule has 0 aliphatic carbocycles. The van der Waals surface area contributed by atoms with Crippen molar-refractivity contribution in [3.63, 3.8) is 0 Å². The van der Waals surface area contributed by atoms with Gasteiger partial charge in [-0.25, -0.2) is 10.2 Å². The Morgan fingerprint density at radius 3 is 2.22 bits per heavy atom. The summed E-state index contributed by atoms with van der Waals surface area (Å²) in [5, 5.41) is 12.4. The normalized spacial score (nSPS) is 14.0. The summed E-state index contributed by atoms with van der Waals surface area (Å²) in [6.45, 7) is 3.40. The van der Waals surface area contributed by atoms with E-state index in [2.05, 4.69) is 31.1 Å². The maximum Gasteiger partial charge on any atom is 0.339 e. The van der Waals surface area contributed by atoms with E-state index in [0.717, 1.165) is 32.6 Å². The van der Waals surface area contributed by atoms with E-state index in [1.54, 1.807) is 66.4 Å². The van der Waals surface area contributed by atoms with Crippen LogP contribution in [0, 0.1) is 0 Å². The van der Waals surface area contributed by atoms with Gasteiger partial charge in [-0.3, -0.25) is 14.4 Å². The number of benzene rings is 4. The quantitative estimate of drug-likeness (QED) is 0.0401. The maximum absolute atomic E-state index is 14.0. The van der Waals surface area contributed by atoms with Crippen LogP contribution in [0.4, 0.5) is 21.9 Å². The molecule has 0 fully saturated rings. The van der Waals surface area contributed by atoms with Crippen LogP contribution in [0.3, 0.4) is 0 Å². The van der Waals surface area contributed by atoms with Crippen LogP contribution < -0.4 is 25.7 Å². The van der Waals surface area contributed by atoms with Gasteiger partial charge in [0.1, 0.15) is 17.1 Å². The number of ether oxygens (including phenoxy) is 1. The lowest BCUT2D eigenvalue weighted by Crippen LogP contribution is -2.30. The van der Waals surface area contributed by atoms with Crippen LogP contribution >= 0.6 is 11.6 Å². The Balaban J connectivity index is 1.12. The Kier molecular flexibility index (Phi) is 8.22. The topological polar surface area (TPSA) is 161 Å². The van der Waals surface area contributed by atoms with Gasteiger partial charge in [0, 0.05) is 76.1 Å². The standard InChI is InChI=1S/C36H30ClN7O5/c1-3-38-43-36(48)40-24-9-11-27-20(13-24)14-29(41-27)34(46)39-23-8-10-28-21(12-23)15-30(42-28)35(47)44-18-22(17-37)33-26-7-5-4-6-25(26)32(16-31(33)44)49-19(2)45/h3-16,22,41-42H,17-18H2,1-2H3,(H,39,46)(H2,40,43,48). The number of aromatic nitrogens is 2. The number of anilines is 3. The van der Waals surface area contributed by atoms with Gasteiger partial charge in [0.15, 0.2) is 0 Å². The number of aromatic amines is 2. The number of hydrogen-bond acceptors (Lipinski definition) is 6. The van der Waals surface area contributed by atoms with Gasteiger partial charge in [-0.2, -0.15) is 5.10 Å². The number of nitrogens with one attached hydrogen (secondary N) is 5. The first-order valence-electron chi connectivity index (χ1n) is 15.5. The molecule has 4 amide bonds. The molecule has 0 spiro atoms. The predicted molar refractivity (Wildman–Crippen MR) is 191 cm³/mol. The fourth-order valence-electron chi connectivity index (χ4n) is 6.25. The summed E-state index contributed by atoms with van der Waals surface area (Å²) < 4.78 is 5.55. The van der Waals surface area contributed by atoms with Gasteiger partial charge in [0.2, 0.25) is 0 Å². The second-order valence-electron chi connectivity index (χ2n) is 11.6. The highest BCUT2D eigenvalue weighted by Gasteiger charge is 2.35. The molecule has 246 valence electrons. The number of fused-ring (bicyclic) bond motifs is 5. The number of rotatable bonds is 7. The molecule has 5 N–H and O–H groups in total. The minimum absolute atomic E-state index is 0.115. The lowest BCUT2D eigenvalue weighted by atomic mass is 9.95. The third-order valence-electron chi connectivity index (χ3n) is 8.34. The third-order valence-corrected chi connectivity index (χ3v) is 8.71. The molecule has 6 aromatic rings. The highest BCUT2D eigenvalue weighted by Crippen LogP contribution is 2.46. The average molecular weight is 676 g/mol. The number of carbonyl (C=O) groups excluding carboxylic acids is 4. The van der Waals surface area contributed by atoms with Crippen LogP contribution in [-0.2, 0) is 4.79 Å². The fraction of sp³-hybridized carbons (Fsp3) is 0.139. The van der Waals surface area contributed by atoms with E-state index in [1.165, 1.54) is 13.1 Å².